The van der Waals surface area contributed by atoms with Crippen LogP contribution in [-0.4, -0.2) is 50.4 Å². The van der Waals surface area contributed by atoms with Crippen molar-refractivity contribution in [1.82, 2.24) is 21.7 Å². The fraction of sp³-hybridized carbons (Fsp3) is 0.348. The molecule has 3 amide bonds. The van der Waals surface area contributed by atoms with E-state index in [4.69, 9.17) is 19.9 Å². The molecule has 14 heteroatoms. The minimum atomic E-state index is -4.90. The summed E-state index contributed by atoms with van der Waals surface area (Å²) in [6.07, 6.45) is -7.19. The average molecular weight is 528 g/mol. The highest BCUT2D eigenvalue weighted by atomic mass is 19.4. The molecule has 2 aromatic rings. The van der Waals surface area contributed by atoms with Gasteiger partial charge in [-0.15, -0.1) is 0 Å². The van der Waals surface area contributed by atoms with Crippen molar-refractivity contribution >= 4 is 17.9 Å². The van der Waals surface area contributed by atoms with Crippen molar-refractivity contribution in [1.29, 1.82) is 0 Å². The third kappa shape index (κ3) is 9.85. The molecule has 2 aromatic carbocycles. The molecular weight excluding hydrogens is 499 g/mol. The number of carbonyl (C=O) groups is 3. The molecule has 0 saturated carbocycles. The number of alkyl halides is 3. The summed E-state index contributed by atoms with van der Waals surface area (Å²) in [7, 11) is 2.90. The molecule has 6 N–H and O–H groups in total. The second-order valence-corrected chi connectivity index (χ2v) is 7.67. The SMILES string of the molecule is COc1ccc(C[C@H](N)C(=O)NNC(=O)CC(NNC(=O)OCc2ccccc2)C(F)(F)F)cc1OC. The number of nitrogens with two attached hydrogens (primary N) is 1. The predicted molar refractivity (Wildman–Crippen MR) is 125 cm³/mol. The smallest absolute Gasteiger partial charge is 0.421 e. The molecule has 0 aromatic heterocycles. The Morgan fingerprint density at radius 3 is 2.22 bits per heavy atom. The van der Waals surface area contributed by atoms with E-state index in [2.05, 4.69) is 0 Å². The van der Waals surface area contributed by atoms with E-state index in [1.54, 1.807) is 59.4 Å². The van der Waals surface area contributed by atoms with Gasteiger partial charge < -0.3 is 19.9 Å². The standard InChI is InChI=1S/C23H28F3N5O6/c1-35-17-9-8-15(11-18(17)36-2)10-16(27)21(33)30-29-20(32)12-19(23(24,25)26)28-31-22(34)37-13-14-6-4-3-5-7-14/h3-9,11,16,19,28H,10,12-13,27H2,1-2H3,(H,29,32)(H,30,33)(H,31,34)/t16-,19?/m0/s1. The maximum atomic E-state index is 13.3. The van der Waals surface area contributed by atoms with Gasteiger partial charge in [-0.25, -0.2) is 10.2 Å². The van der Waals surface area contributed by atoms with E-state index < -0.39 is 42.6 Å². The van der Waals surface area contributed by atoms with Gasteiger partial charge in [-0.05, 0) is 29.7 Å². The van der Waals surface area contributed by atoms with E-state index in [0.717, 1.165) is 0 Å². The second-order valence-electron chi connectivity index (χ2n) is 7.67. The molecule has 2 rings (SSSR count). The van der Waals surface area contributed by atoms with Crippen molar-refractivity contribution in [3.8, 4) is 11.5 Å². The monoisotopic (exact) mass is 527 g/mol. The lowest BCUT2D eigenvalue weighted by atomic mass is 10.1. The van der Waals surface area contributed by atoms with Gasteiger partial charge in [-0.2, -0.15) is 13.2 Å². The topological polar surface area (TPSA) is 153 Å². The summed E-state index contributed by atoms with van der Waals surface area (Å²) in [4.78, 5) is 35.9. The van der Waals surface area contributed by atoms with Crippen molar-refractivity contribution in [3.05, 3.63) is 59.7 Å². The maximum absolute atomic E-state index is 13.3. The Bertz CT molecular complexity index is 1050. The van der Waals surface area contributed by atoms with Crippen molar-refractivity contribution in [2.75, 3.05) is 14.2 Å². The fourth-order valence-electron chi connectivity index (χ4n) is 2.97. The van der Waals surface area contributed by atoms with Crippen LogP contribution in [0.15, 0.2) is 48.5 Å². The van der Waals surface area contributed by atoms with Crippen LogP contribution in [0.25, 0.3) is 0 Å². The number of hydrogen-bond donors (Lipinski definition) is 5. The summed E-state index contributed by atoms with van der Waals surface area (Å²) in [5, 5.41) is 0. The number of ether oxygens (including phenoxy) is 3. The van der Waals surface area contributed by atoms with Crippen LogP contribution in [0.3, 0.4) is 0 Å². The number of benzene rings is 2. The molecule has 0 saturated heterocycles. The van der Waals surface area contributed by atoms with Crippen LogP contribution in [0.4, 0.5) is 18.0 Å². The zero-order chi connectivity index (χ0) is 27.4. The molecule has 11 nitrogen and oxygen atoms in total. The first-order chi connectivity index (χ1) is 17.5. The zero-order valence-electron chi connectivity index (χ0n) is 20.1. The van der Waals surface area contributed by atoms with Crippen molar-refractivity contribution in [2.45, 2.75) is 37.7 Å². The van der Waals surface area contributed by atoms with Crippen LogP contribution in [0.5, 0.6) is 11.5 Å². The summed E-state index contributed by atoms with van der Waals surface area (Å²) < 4.78 is 55.0. The minimum absolute atomic E-state index is 0.0454. The normalized spacial score (nSPS) is 12.6. The first kappa shape index (κ1) is 29.2. The van der Waals surface area contributed by atoms with E-state index in [1.807, 2.05) is 10.9 Å². The first-order valence-corrected chi connectivity index (χ1v) is 10.9. The van der Waals surface area contributed by atoms with Crippen LogP contribution in [0, 0.1) is 0 Å². The van der Waals surface area contributed by atoms with Gasteiger partial charge >= 0.3 is 12.3 Å². The third-order valence-corrected chi connectivity index (χ3v) is 4.91. The van der Waals surface area contributed by atoms with Gasteiger partial charge in [0.25, 0.3) is 5.91 Å². The van der Waals surface area contributed by atoms with Gasteiger partial charge in [-0.3, -0.25) is 25.9 Å². The van der Waals surface area contributed by atoms with Crippen molar-refractivity contribution in [3.63, 3.8) is 0 Å². The second kappa shape index (κ2) is 13.9. The van der Waals surface area contributed by atoms with Gasteiger partial charge in [0.1, 0.15) is 12.6 Å². The maximum Gasteiger partial charge on any atom is 0.421 e. The molecule has 0 aliphatic rings. The molecular formula is C23H28F3N5O6. The molecule has 0 radical (unpaired) electrons. The number of hydrazine groups is 2. The summed E-state index contributed by atoms with van der Waals surface area (Å²) >= 11 is 0. The Kier molecular flexibility index (Phi) is 11.0. The molecule has 0 bridgehead atoms. The lowest BCUT2D eigenvalue weighted by Crippen LogP contribution is -2.55. The summed E-state index contributed by atoms with van der Waals surface area (Å²) in [5.41, 5.74) is 14.4. The highest BCUT2D eigenvalue weighted by Crippen LogP contribution is 2.28. The number of carbonyl (C=O) groups excluding carboxylic acids is 3. The van der Waals surface area contributed by atoms with E-state index in [-0.39, 0.29) is 13.0 Å². The van der Waals surface area contributed by atoms with Gasteiger partial charge in [0.05, 0.1) is 26.7 Å². The summed E-state index contributed by atoms with van der Waals surface area (Å²) in [6.45, 7) is -0.166. The number of methoxy groups -OCH3 is 2. The molecule has 0 heterocycles. The lowest BCUT2D eigenvalue weighted by Gasteiger charge is -2.21. The fourth-order valence-corrected chi connectivity index (χ4v) is 2.97. The number of rotatable bonds is 11. The highest BCUT2D eigenvalue weighted by Gasteiger charge is 2.41. The first-order valence-electron chi connectivity index (χ1n) is 10.9. The quantitative estimate of drug-likeness (QED) is 0.276. The number of halogens is 3. The number of nitrogens with one attached hydrogen (secondary N) is 4. The van der Waals surface area contributed by atoms with Gasteiger partial charge in [0.2, 0.25) is 5.91 Å². The van der Waals surface area contributed by atoms with Crippen molar-refractivity contribution < 1.29 is 41.8 Å². The van der Waals surface area contributed by atoms with Gasteiger partial charge in [0.15, 0.2) is 11.5 Å². The Balaban J connectivity index is 1.81. The van der Waals surface area contributed by atoms with Crippen LogP contribution >= 0.6 is 0 Å². The largest absolute Gasteiger partial charge is 0.493 e. The Morgan fingerprint density at radius 2 is 1.59 bits per heavy atom. The van der Waals surface area contributed by atoms with Crippen LogP contribution in [-0.2, 0) is 27.4 Å². The van der Waals surface area contributed by atoms with Crippen LogP contribution < -0.4 is 36.9 Å². The molecule has 0 aliphatic carbocycles. The Hall–Kier alpha value is -4.04. The highest BCUT2D eigenvalue weighted by molar-refractivity contribution is 5.85. The van der Waals surface area contributed by atoms with E-state index in [1.165, 1.54) is 14.2 Å². The average Bonchev–Trinajstić information content (AvgIpc) is 2.88. The molecule has 0 aliphatic heterocycles. The molecule has 37 heavy (non-hydrogen) atoms. The van der Waals surface area contributed by atoms with E-state index in [9.17, 15) is 27.6 Å². The third-order valence-electron chi connectivity index (χ3n) is 4.91. The van der Waals surface area contributed by atoms with Gasteiger partial charge in [-0.1, -0.05) is 36.4 Å². The molecule has 2 atom stereocenters. The number of hydrogen-bond acceptors (Lipinski definition) is 8. The molecule has 0 spiro atoms. The zero-order valence-corrected chi connectivity index (χ0v) is 20.1. The van der Waals surface area contributed by atoms with Crippen LogP contribution in [0.2, 0.25) is 0 Å². The Labute approximate surface area is 210 Å². The number of amides is 3. The van der Waals surface area contributed by atoms with E-state index >= 15 is 0 Å². The summed E-state index contributed by atoms with van der Waals surface area (Å²) in [5.74, 6) is -1.12. The van der Waals surface area contributed by atoms with Crippen molar-refractivity contribution in [2.24, 2.45) is 5.73 Å². The minimum Gasteiger partial charge on any atom is -0.493 e. The molecule has 1 unspecified atom stereocenters. The summed E-state index contributed by atoms with van der Waals surface area (Å²) in [6, 6.07) is 9.78. The van der Waals surface area contributed by atoms with E-state index in [0.29, 0.717) is 22.6 Å². The lowest BCUT2D eigenvalue weighted by molar-refractivity contribution is -0.163. The molecule has 0 fully saturated rings. The Morgan fingerprint density at radius 1 is 0.919 bits per heavy atom. The van der Waals surface area contributed by atoms with Gasteiger partial charge in [0, 0.05) is 0 Å². The molecule has 202 valence electrons. The van der Waals surface area contributed by atoms with Crippen LogP contribution in [0.1, 0.15) is 17.5 Å². The predicted octanol–water partition coefficient (Wildman–Crippen LogP) is 1.47.